The number of rotatable bonds is 20. The fourth-order valence-electron chi connectivity index (χ4n) is 3.79. The molecule has 30 heavy (non-hydrogen) atoms. The van der Waals surface area contributed by atoms with Crippen molar-refractivity contribution in [3.8, 4) is 0 Å². The van der Waals surface area contributed by atoms with Crippen molar-refractivity contribution in [3.05, 3.63) is 0 Å². The molecule has 0 aromatic rings. The number of ether oxygens (including phenoxy) is 3. The molecule has 1 fully saturated rings. The van der Waals surface area contributed by atoms with E-state index in [0.29, 0.717) is 13.2 Å². The molecule has 172 valence electrons. The van der Waals surface area contributed by atoms with E-state index >= 15 is 0 Å². The van der Waals surface area contributed by atoms with Crippen molar-refractivity contribution in [1.82, 2.24) is 0 Å². The number of hydrogen-bond donors (Lipinski definition) is 0. The first-order valence-electron chi connectivity index (χ1n) is 12.2. The first kappa shape index (κ1) is 30.4. The second-order valence-corrected chi connectivity index (χ2v) is 8.66. The summed E-state index contributed by atoms with van der Waals surface area (Å²) in [6, 6.07) is 0. The quantitative estimate of drug-likeness (QED) is 0.216. The smallest absolute Gasteiger partial charge is 0.544 e. The zero-order valence-corrected chi connectivity index (χ0v) is 22.1. The van der Waals surface area contributed by atoms with Gasteiger partial charge in [-0.05, 0) is 13.3 Å². The number of carboxylic acids is 1. The van der Waals surface area contributed by atoms with E-state index in [1.807, 2.05) is 0 Å². The van der Waals surface area contributed by atoms with Crippen molar-refractivity contribution in [1.29, 1.82) is 0 Å². The van der Waals surface area contributed by atoms with Crippen molar-refractivity contribution in [3.63, 3.8) is 0 Å². The minimum absolute atomic E-state index is 0. The van der Waals surface area contributed by atoms with Crippen LogP contribution in [0.4, 0.5) is 0 Å². The maximum absolute atomic E-state index is 10.9. The molecule has 0 radical (unpaired) electrons. The number of carbonyl (C=O) groups is 1. The van der Waals surface area contributed by atoms with Gasteiger partial charge in [-0.3, -0.25) is 0 Å². The van der Waals surface area contributed by atoms with Gasteiger partial charge in [0.25, 0.3) is 0 Å². The van der Waals surface area contributed by atoms with Crippen LogP contribution in [0.1, 0.15) is 117 Å². The van der Waals surface area contributed by atoms with Gasteiger partial charge < -0.3 is 24.1 Å². The topological polar surface area (TPSA) is 67.8 Å². The summed E-state index contributed by atoms with van der Waals surface area (Å²) in [5, 5.41) is 10.9. The summed E-state index contributed by atoms with van der Waals surface area (Å²) in [6.45, 7) is 4.96. The molecular weight excluding hydrogens is 391 g/mol. The fourth-order valence-corrected chi connectivity index (χ4v) is 3.79. The van der Waals surface area contributed by atoms with Gasteiger partial charge in [0.05, 0.1) is 13.2 Å². The minimum atomic E-state index is -1.62. The third-order valence-corrected chi connectivity index (χ3v) is 5.75. The zero-order valence-electron chi connectivity index (χ0n) is 20.1. The first-order chi connectivity index (χ1) is 14.1. The molecule has 1 heterocycles. The Labute approximate surface area is 207 Å². The van der Waals surface area contributed by atoms with E-state index in [1.54, 1.807) is 0 Å². The fraction of sp³-hybridized carbons (Fsp3) is 0.958. The summed E-state index contributed by atoms with van der Waals surface area (Å²) in [7, 11) is 0. The van der Waals surface area contributed by atoms with Crippen LogP contribution in [-0.2, 0) is 19.0 Å². The molecule has 5 nitrogen and oxygen atoms in total. The van der Waals surface area contributed by atoms with Crippen LogP contribution in [0.5, 0.6) is 0 Å². The molecule has 0 aliphatic carbocycles. The first-order valence-corrected chi connectivity index (χ1v) is 12.2. The van der Waals surface area contributed by atoms with Crippen LogP contribution in [0.3, 0.4) is 0 Å². The summed E-state index contributed by atoms with van der Waals surface area (Å²) >= 11 is 0. The van der Waals surface area contributed by atoms with Crippen LogP contribution in [0, 0.1) is 0 Å². The molecule has 0 spiro atoms. The predicted octanol–water partition coefficient (Wildman–Crippen LogP) is 2.15. The third-order valence-electron chi connectivity index (χ3n) is 5.75. The Morgan fingerprint density at radius 3 is 1.70 bits per heavy atom. The van der Waals surface area contributed by atoms with Gasteiger partial charge in [-0.25, -0.2) is 0 Å². The van der Waals surface area contributed by atoms with Crippen LogP contribution in [0.25, 0.3) is 0 Å². The van der Waals surface area contributed by atoms with Gasteiger partial charge in [-0.1, -0.05) is 103 Å². The molecule has 0 N–H and O–H groups in total. The maximum atomic E-state index is 10.9. The second-order valence-electron chi connectivity index (χ2n) is 8.66. The minimum Gasteiger partial charge on any atom is -0.544 e. The molecule has 1 aliphatic rings. The van der Waals surface area contributed by atoms with Crippen LogP contribution in [0.2, 0.25) is 0 Å². The molecule has 0 aromatic carbocycles. The van der Waals surface area contributed by atoms with E-state index in [9.17, 15) is 9.90 Å². The number of carboxylic acid groups (broad SMARTS) is 1. The molecule has 0 aromatic heterocycles. The Bertz CT molecular complexity index is 407. The van der Waals surface area contributed by atoms with Crippen molar-refractivity contribution in [2.75, 3.05) is 19.8 Å². The SMILES string of the molecule is CCCCCCCCCCCCCCCCCCOCC1COC(C)(C(=O)[O-])O1.[Na+]. The Balaban J connectivity index is 0.00000841. The number of hydrogen-bond acceptors (Lipinski definition) is 5. The van der Waals surface area contributed by atoms with E-state index in [0.717, 1.165) is 6.42 Å². The van der Waals surface area contributed by atoms with Gasteiger partial charge >= 0.3 is 29.6 Å². The number of unbranched alkanes of at least 4 members (excludes halogenated alkanes) is 15. The molecule has 0 saturated carbocycles. The predicted molar refractivity (Wildman–Crippen MR) is 115 cm³/mol. The van der Waals surface area contributed by atoms with Crippen LogP contribution >= 0.6 is 0 Å². The van der Waals surface area contributed by atoms with Gasteiger partial charge in [0.2, 0.25) is 5.79 Å². The van der Waals surface area contributed by atoms with E-state index < -0.39 is 11.8 Å². The maximum Gasteiger partial charge on any atom is 1.00 e. The molecule has 1 rings (SSSR count). The van der Waals surface area contributed by atoms with Gasteiger partial charge in [-0.2, -0.15) is 0 Å². The Kier molecular flexibility index (Phi) is 20.2. The summed E-state index contributed by atoms with van der Waals surface area (Å²) in [4.78, 5) is 10.9. The van der Waals surface area contributed by atoms with Crippen LogP contribution in [-0.4, -0.2) is 37.7 Å². The van der Waals surface area contributed by atoms with Gasteiger partial charge in [0.15, 0.2) is 0 Å². The van der Waals surface area contributed by atoms with Gasteiger partial charge in [0, 0.05) is 6.61 Å². The van der Waals surface area contributed by atoms with E-state index in [2.05, 4.69) is 6.92 Å². The number of carbonyl (C=O) groups excluding carboxylic acids is 1. The Hall–Kier alpha value is 0.350. The molecule has 1 aliphatic heterocycles. The summed E-state index contributed by atoms with van der Waals surface area (Å²) in [5.41, 5.74) is 0. The van der Waals surface area contributed by atoms with Crippen molar-refractivity contribution < 1.29 is 53.7 Å². The third kappa shape index (κ3) is 15.2. The molecule has 2 unspecified atom stereocenters. The molecule has 0 bridgehead atoms. The molecule has 1 saturated heterocycles. The van der Waals surface area contributed by atoms with E-state index in [-0.39, 0.29) is 42.3 Å². The van der Waals surface area contributed by atoms with Crippen LogP contribution < -0.4 is 34.7 Å². The molecule has 2 atom stereocenters. The molecule has 6 heteroatoms. The normalized spacial score (nSPS) is 20.9. The molecule has 0 amide bonds. The van der Waals surface area contributed by atoms with Gasteiger partial charge in [-0.15, -0.1) is 0 Å². The van der Waals surface area contributed by atoms with Crippen molar-refractivity contribution in [2.24, 2.45) is 0 Å². The average Bonchev–Trinajstić information content (AvgIpc) is 3.09. The second kappa shape index (κ2) is 20.0. The largest absolute Gasteiger partial charge is 1.00 e. The number of aliphatic carboxylic acids is 1. The molecular formula is C24H45NaO5. The summed E-state index contributed by atoms with van der Waals surface area (Å²) in [6.07, 6.45) is 21.4. The Morgan fingerprint density at radius 2 is 1.30 bits per heavy atom. The van der Waals surface area contributed by atoms with Crippen molar-refractivity contribution in [2.45, 2.75) is 128 Å². The van der Waals surface area contributed by atoms with Crippen molar-refractivity contribution >= 4 is 5.97 Å². The zero-order chi connectivity index (χ0) is 21.2. The average molecular weight is 437 g/mol. The van der Waals surface area contributed by atoms with Gasteiger partial charge in [0.1, 0.15) is 12.1 Å². The van der Waals surface area contributed by atoms with E-state index in [4.69, 9.17) is 14.2 Å². The summed E-state index contributed by atoms with van der Waals surface area (Å²) < 4.78 is 16.1. The monoisotopic (exact) mass is 436 g/mol. The standard InChI is InChI=1S/C24H46O5.Na/c1-3-4-5-6-7-8-9-10-11-12-13-14-15-16-17-18-19-27-20-22-21-28-24(2,29-22)23(25)26;/h22H,3-21H2,1-2H3,(H,25,26);/q;+1/p-1. The van der Waals surface area contributed by atoms with E-state index in [1.165, 1.54) is 103 Å². The Morgan fingerprint density at radius 1 is 0.867 bits per heavy atom. The summed E-state index contributed by atoms with van der Waals surface area (Å²) in [5.74, 6) is -2.96. The van der Waals surface area contributed by atoms with Crippen LogP contribution in [0.15, 0.2) is 0 Å².